The van der Waals surface area contributed by atoms with Crippen molar-refractivity contribution in [1.82, 2.24) is 9.97 Å². The molecule has 0 aromatic carbocycles. The molecule has 1 aliphatic rings. The van der Waals surface area contributed by atoms with Crippen LogP contribution in [0.25, 0.3) is 0 Å². The highest BCUT2D eigenvalue weighted by atomic mass is 32.2. The van der Waals surface area contributed by atoms with Crippen molar-refractivity contribution >= 4 is 17.6 Å². The van der Waals surface area contributed by atoms with E-state index in [1.54, 1.807) is 6.20 Å². The molecule has 0 amide bonds. The van der Waals surface area contributed by atoms with Crippen molar-refractivity contribution in [3.8, 4) is 6.07 Å². The van der Waals surface area contributed by atoms with Gasteiger partial charge in [-0.2, -0.15) is 17.0 Å². The Bertz CT molecular complexity index is 478. The first-order valence-corrected chi connectivity index (χ1v) is 7.13. The molecule has 0 spiro atoms. The standard InChI is InChI=1S/C13H18N4S/c1-10-15-9-11(8-14)12(16-10)17-5-4-13(2,3)18-7-6-17/h9H,4-7H2,1-3H3. The Balaban J connectivity index is 2.26. The van der Waals surface area contributed by atoms with Gasteiger partial charge in [-0.25, -0.2) is 9.97 Å². The molecule has 0 aliphatic carbocycles. The molecular formula is C13H18N4S. The zero-order valence-electron chi connectivity index (χ0n) is 11.1. The van der Waals surface area contributed by atoms with E-state index in [-0.39, 0.29) is 0 Å². The lowest BCUT2D eigenvalue weighted by atomic mass is 10.1. The molecular weight excluding hydrogens is 244 g/mol. The second-order valence-electron chi connectivity index (χ2n) is 5.11. The summed E-state index contributed by atoms with van der Waals surface area (Å²) in [5, 5.41) is 9.15. The molecule has 0 radical (unpaired) electrons. The van der Waals surface area contributed by atoms with Gasteiger partial charge >= 0.3 is 0 Å². The van der Waals surface area contributed by atoms with E-state index in [1.165, 1.54) is 0 Å². The highest BCUT2D eigenvalue weighted by molar-refractivity contribution is 8.00. The fourth-order valence-electron chi connectivity index (χ4n) is 2.01. The zero-order chi connectivity index (χ0) is 13.2. The molecule has 0 saturated carbocycles. The third kappa shape index (κ3) is 2.94. The third-order valence-electron chi connectivity index (χ3n) is 3.15. The van der Waals surface area contributed by atoms with Gasteiger partial charge in [0.15, 0.2) is 0 Å². The van der Waals surface area contributed by atoms with Gasteiger partial charge in [-0.1, -0.05) is 13.8 Å². The molecule has 1 aliphatic heterocycles. The molecule has 4 nitrogen and oxygen atoms in total. The van der Waals surface area contributed by atoms with Gasteiger partial charge in [-0.15, -0.1) is 0 Å². The lowest BCUT2D eigenvalue weighted by molar-refractivity contribution is 0.634. The van der Waals surface area contributed by atoms with Crippen LogP contribution in [-0.4, -0.2) is 33.6 Å². The number of hydrogen-bond donors (Lipinski definition) is 0. The fourth-order valence-corrected chi connectivity index (χ4v) is 3.11. The third-order valence-corrected chi connectivity index (χ3v) is 4.52. The van der Waals surface area contributed by atoms with Crippen molar-refractivity contribution < 1.29 is 0 Å². The van der Waals surface area contributed by atoms with Crippen LogP contribution in [0.4, 0.5) is 5.82 Å². The molecule has 0 atom stereocenters. The van der Waals surface area contributed by atoms with Gasteiger partial charge in [0.05, 0.1) is 6.20 Å². The van der Waals surface area contributed by atoms with Crippen molar-refractivity contribution in [3.63, 3.8) is 0 Å². The molecule has 1 saturated heterocycles. The number of hydrogen-bond acceptors (Lipinski definition) is 5. The Morgan fingerprint density at radius 2 is 2.22 bits per heavy atom. The topological polar surface area (TPSA) is 52.8 Å². The SMILES string of the molecule is Cc1ncc(C#N)c(N2CCSC(C)(C)CC2)n1. The molecule has 0 unspecified atom stereocenters. The van der Waals surface area contributed by atoms with Crippen molar-refractivity contribution in [3.05, 3.63) is 17.6 Å². The molecule has 1 fully saturated rings. The maximum absolute atomic E-state index is 9.15. The minimum atomic E-state index is 0.309. The summed E-state index contributed by atoms with van der Waals surface area (Å²) in [5.41, 5.74) is 0.574. The summed E-state index contributed by atoms with van der Waals surface area (Å²) in [6.07, 6.45) is 2.73. The summed E-state index contributed by atoms with van der Waals surface area (Å²) in [6, 6.07) is 2.19. The summed E-state index contributed by atoms with van der Waals surface area (Å²) >= 11 is 1.99. The molecule has 1 aromatic rings. The van der Waals surface area contributed by atoms with Crippen molar-refractivity contribution in [1.29, 1.82) is 5.26 Å². The van der Waals surface area contributed by atoms with E-state index in [2.05, 4.69) is 34.8 Å². The number of anilines is 1. The van der Waals surface area contributed by atoms with E-state index >= 15 is 0 Å². The highest BCUT2D eigenvalue weighted by Gasteiger charge is 2.25. The van der Waals surface area contributed by atoms with Crippen LogP contribution in [0.3, 0.4) is 0 Å². The minimum absolute atomic E-state index is 0.309. The van der Waals surface area contributed by atoms with Gasteiger partial charge < -0.3 is 4.90 Å². The zero-order valence-corrected chi connectivity index (χ0v) is 11.9. The van der Waals surface area contributed by atoms with Gasteiger partial charge in [-0.05, 0) is 13.3 Å². The molecule has 0 bridgehead atoms. The van der Waals surface area contributed by atoms with Crippen LogP contribution in [-0.2, 0) is 0 Å². The second kappa shape index (κ2) is 5.15. The molecule has 2 heterocycles. The maximum atomic E-state index is 9.15. The van der Waals surface area contributed by atoms with Gasteiger partial charge in [-0.3, -0.25) is 0 Å². The smallest absolute Gasteiger partial charge is 0.150 e. The average Bonchev–Trinajstić information content (AvgIpc) is 2.50. The summed E-state index contributed by atoms with van der Waals surface area (Å²) < 4.78 is 0.309. The number of thioether (sulfide) groups is 1. The van der Waals surface area contributed by atoms with Crippen LogP contribution >= 0.6 is 11.8 Å². The highest BCUT2D eigenvalue weighted by Crippen LogP contribution is 2.32. The summed E-state index contributed by atoms with van der Waals surface area (Å²) in [4.78, 5) is 10.7. The van der Waals surface area contributed by atoms with E-state index in [0.717, 1.165) is 36.9 Å². The number of rotatable bonds is 1. The molecule has 5 heteroatoms. The van der Waals surface area contributed by atoms with Crippen molar-refractivity contribution in [2.24, 2.45) is 0 Å². The number of aryl methyl sites for hydroxylation is 1. The molecule has 18 heavy (non-hydrogen) atoms. The predicted molar refractivity (Wildman–Crippen MR) is 74.9 cm³/mol. The lowest BCUT2D eigenvalue weighted by Gasteiger charge is -2.24. The summed E-state index contributed by atoms with van der Waals surface area (Å²) in [5.74, 6) is 2.59. The number of nitrogens with zero attached hydrogens (tertiary/aromatic N) is 4. The summed E-state index contributed by atoms with van der Waals surface area (Å²) in [6.45, 7) is 8.31. The monoisotopic (exact) mass is 262 g/mol. The Kier molecular flexibility index (Phi) is 3.76. The van der Waals surface area contributed by atoms with Crippen LogP contribution in [0.5, 0.6) is 0 Å². The van der Waals surface area contributed by atoms with Gasteiger partial charge in [0, 0.05) is 23.6 Å². The van der Waals surface area contributed by atoms with Crippen LogP contribution in [0.1, 0.15) is 31.7 Å². The lowest BCUT2D eigenvalue weighted by Crippen LogP contribution is -2.28. The largest absolute Gasteiger partial charge is 0.355 e. The minimum Gasteiger partial charge on any atom is -0.355 e. The van der Waals surface area contributed by atoms with E-state index < -0.39 is 0 Å². The second-order valence-corrected chi connectivity index (χ2v) is 6.91. The van der Waals surface area contributed by atoms with Crippen LogP contribution in [0.2, 0.25) is 0 Å². The molecule has 1 aromatic heterocycles. The van der Waals surface area contributed by atoms with Gasteiger partial charge in [0.25, 0.3) is 0 Å². The first-order valence-electron chi connectivity index (χ1n) is 6.14. The van der Waals surface area contributed by atoms with E-state index in [9.17, 15) is 0 Å². The summed E-state index contributed by atoms with van der Waals surface area (Å²) in [7, 11) is 0. The fraction of sp³-hybridized carbons (Fsp3) is 0.615. The Hall–Kier alpha value is -1.28. The normalized spacial score (nSPS) is 19.1. The first kappa shape index (κ1) is 13.2. The van der Waals surface area contributed by atoms with Crippen LogP contribution in [0.15, 0.2) is 6.20 Å². The van der Waals surface area contributed by atoms with Gasteiger partial charge in [0.2, 0.25) is 0 Å². The number of aromatic nitrogens is 2. The Morgan fingerprint density at radius 3 is 2.94 bits per heavy atom. The average molecular weight is 262 g/mol. The first-order chi connectivity index (χ1) is 8.52. The molecule has 2 rings (SSSR count). The molecule has 0 N–H and O–H groups in total. The van der Waals surface area contributed by atoms with E-state index in [4.69, 9.17) is 5.26 Å². The van der Waals surface area contributed by atoms with E-state index in [0.29, 0.717) is 10.3 Å². The van der Waals surface area contributed by atoms with Gasteiger partial charge in [0.1, 0.15) is 23.3 Å². The quantitative estimate of drug-likeness (QED) is 0.777. The molecule has 96 valence electrons. The maximum Gasteiger partial charge on any atom is 0.150 e. The van der Waals surface area contributed by atoms with Crippen LogP contribution in [0, 0.1) is 18.3 Å². The Morgan fingerprint density at radius 1 is 1.44 bits per heavy atom. The van der Waals surface area contributed by atoms with Crippen LogP contribution < -0.4 is 4.90 Å². The Labute approximate surface area is 112 Å². The predicted octanol–water partition coefficient (Wildman–Crippen LogP) is 2.38. The van der Waals surface area contributed by atoms with Crippen molar-refractivity contribution in [2.75, 3.05) is 23.7 Å². The van der Waals surface area contributed by atoms with Crippen molar-refractivity contribution in [2.45, 2.75) is 31.9 Å². The number of nitriles is 1. The van der Waals surface area contributed by atoms with E-state index in [1.807, 2.05) is 18.7 Å².